The molecule has 1 fully saturated rings. The second-order valence-electron chi connectivity index (χ2n) is 6.36. The quantitative estimate of drug-likeness (QED) is 0.891. The third-order valence-electron chi connectivity index (χ3n) is 4.66. The standard InChI is InChI=1S/C20H24ClN3O/c1-16(17-6-3-2-4-7-17)22-15-20(25)24-12-10-23(11-13-24)19-9-5-8-18(21)14-19/h2-9,14,16,22H,10-13,15H2,1H3/t16-/m1/s1. The molecule has 0 saturated carbocycles. The minimum Gasteiger partial charge on any atom is -0.368 e. The van der Waals surface area contributed by atoms with Gasteiger partial charge in [0.2, 0.25) is 5.91 Å². The van der Waals surface area contributed by atoms with E-state index in [0.29, 0.717) is 6.54 Å². The van der Waals surface area contributed by atoms with Crippen LogP contribution in [0.2, 0.25) is 5.02 Å². The molecule has 1 heterocycles. The Bertz CT molecular complexity index is 699. The van der Waals surface area contributed by atoms with Crippen LogP contribution in [0.3, 0.4) is 0 Å². The van der Waals surface area contributed by atoms with Crippen molar-refractivity contribution in [2.24, 2.45) is 0 Å². The molecule has 1 aliphatic heterocycles. The van der Waals surface area contributed by atoms with E-state index in [4.69, 9.17) is 11.6 Å². The molecule has 2 aromatic rings. The highest BCUT2D eigenvalue weighted by Gasteiger charge is 2.21. The van der Waals surface area contributed by atoms with Crippen molar-refractivity contribution in [1.29, 1.82) is 0 Å². The van der Waals surface area contributed by atoms with Crippen LogP contribution in [0.25, 0.3) is 0 Å². The number of piperazine rings is 1. The number of nitrogens with one attached hydrogen (secondary N) is 1. The van der Waals surface area contributed by atoms with Crippen molar-refractivity contribution in [3.8, 4) is 0 Å². The van der Waals surface area contributed by atoms with E-state index in [1.807, 2.05) is 41.3 Å². The van der Waals surface area contributed by atoms with E-state index in [9.17, 15) is 4.79 Å². The first-order valence-electron chi connectivity index (χ1n) is 8.70. The Balaban J connectivity index is 1.47. The number of halogens is 1. The molecular weight excluding hydrogens is 334 g/mol. The third kappa shape index (κ3) is 4.74. The van der Waals surface area contributed by atoms with Gasteiger partial charge in [-0.3, -0.25) is 4.79 Å². The predicted octanol–water partition coefficient (Wildman–Crippen LogP) is 3.34. The van der Waals surface area contributed by atoms with Gasteiger partial charge in [-0.05, 0) is 30.7 Å². The zero-order valence-electron chi connectivity index (χ0n) is 14.5. The van der Waals surface area contributed by atoms with Gasteiger partial charge >= 0.3 is 0 Å². The molecule has 3 rings (SSSR count). The Kier molecular flexibility index (Phi) is 5.95. The summed E-state index contributed by atoms with van der Waals surface area (Å²) in [5.74, 6) is 0.161. The zero-order valence-corrected chi connectivity index (χ0v) is 15.2. The maximum atomic E-state index is 12.5. The van der Waals surface area contributed by atoms with Gasteiger partial charge in [-0.1, -0.05) is 48.0 Å². The molecule has 1 amide bonds. The van der Waals surface area contributed by atoms with E-state index >= 15 is 0 Å². The molecule has 1 N–H and O–H groups in total. The summed E-state index contributed by atoms with van der Waals surface area (Å²) >= 11 is 6.07. The monoisotopic (exact) mass is 357 g/mol. The number of benzene rings is 2. The van der Waals surface area contributed by atoms with Crippen molar-refractivity contribution < 1.29 is 4.79 Å². The largest absolute Gasteiger partial charge is 0.368 e. The van der Waals surface area contributed by atoms with E-state index in [1.165, 1.54) is 5.56 Å². The van der Waals surface area contributed by atoms with Crippen LogP contribution in [0.4, 0.5) is 5.69 Å². The molecule has 2 aromatic carbocycles. The number of carbonyl (C=O) groups excluding carboxylic acids is 1. The van der Waals surface area contributed by atoms with Crippen LogP contribution < -0.4 is 10.2 Å². The van der Waals surface area contributed by atoms with Crippen LogP contribution in [0.15, 0.2) is 54.6 Å². The summed E-state index contributed by atoms with van der Waals surface area (Å²) in [6, 6.07) is 18.2. The Morgan fingerprint density at radius 1 is 1.08 bits per heavy atom. The van der Waals surface area contributed by atoms with Crippen LogP contribution in [0.5, 0.6) is 0 Å². The number of hydrogen-bond donors (Lipinski definition) is 1. The van der Waals surface area contributed by atoms with Crippen molar-refractivity contribution >= 4 is 23.2 Å². The molecule has 0 bridgehead atoms. The second-order valence-corrected chi connectivity index (χ2v) is 6.80. The first-order valence-corrected chi connectivity index (χ1v) is 9.08. The maximum Gasteiger partial charge on any atom is 0.236 e. The van der Waals surface area contributed by atoms with Gasteiger partial charge in [-0.25, -0.2) is 0 Å². The van der Waals surface area contributed by atoms with E-state index in [-0.39, 0.29) is 11.9 Å². The van der Waals surface area contributed by atoms with Gasteiger partial charge < -0.3 is 15.1 Å². The average Bonchev–Trinajstić information content (AvgIpc) is 2.66. The number of hydrogen-bond acceptors (Lipinski definition) is 3. The SMILES string of the molecule is C[C@@H](NCC(=O)N1CCN(c2cccc(Cl)c2)CC1)c1ccccc1. The van der Waals surface area contributed by atoms with E-state index in [0.717, 1.165) is 36.9 Å². The predicted molar refractivity (Wildman–Crippen MR) is 103 cm³/mol. The normalized spacial score (nSPS) is 15.9. The first-order chi connectivity index (χ1) is 12.1. The summed E-state index contributed by atoms with van der Waals surface area (Å²) in [5.41, 5.74) is 2.32. The number of carbonyl (C=O) groups is 1. The third-order valence-corrected chi connectivity index (χ3v) is 4.90. The van der Waals surface area contributed by atoms with E-state index < -0.39 is 0 Å². The van der Waals surface area contributed by atoms with Gasteiger partial charge in [0.05, 0.1) is 6.54 Å². The van der Waals surface area contributed by atoms with Crippen molar-refractivity contribution in [1.82, 2.24) is 10.2 Å². The van der Waals surface area contributed by atoms with Crippen molar-refractivity contribution in [2.75, 3.05) is 37.6 Å². The lowest BCUT2D eigenvalue weighted by atomic mass is 10.1. The molecule has 132 valence electrons. The highest BCUT2D eigenvalue weighted by molar-refractivity contribution is 6.30. The Morgan fingerprint density at radius 2 is 1.80 bits per heavy atom. The van der Waals surface area contributed by atoms with Gasteiger partial charge in [0.1, 0.15) is 0 Å². The Labute approximate surface area is 154 Å². The summed E-state index contributed by atoms with van der Waals surface area (Å²) in [5, 5.41) is 4.07. The van der Waals surface area contributed by atoms with Gasteiger partial charge in [0.15, 0.2) is 0 Å². The van der Waals surface area contributed by atoms with Crippen molar-refractivity contribution in [3.63, 3.8) is 0 Å². The Morgan fingerprint density at radius 3 is 2.48 bits per heavy atom. The average molecular weight is 358 g/mol. The molecule has 0 aromatic heterocycles. The molecule has 1 aliphatic rings. The van der Waals surface area contributed by atoms with Gasteiger partial charge in [0.25, 0.3) is 0 Å². The molecule has 0 aliphatic carbocycles. The lowest BCUT2D eigenvalue weighted by molar-refractivity contribution is -0.130. The first kappa shape index (κ1) is 17.8. The topological polar surface area (TPSA) is 35.6 Å². The molecule has 5 heteroatoms. The molecule has 25 heavy (non-hydrogen) atoms. The molecule has 0 spiro atoms. The fourth-order valence-electron chi connectivity index (χ4n) is 3.10. The van der Waals surface area contributed by atoms with Crippen LogP contribution in [0.1, 0.15) is 18.5 Å². The molecule has 0 radical (unpaired) electrons. The number of rotatable bonds is 5. The molecule has 4 nitrogen and oxygen atoms in total. The van der Waals surface area contributed by atoms with Crippen molar-refractivity contribution in [2.45, 2.75) is 13.0 Å². The van der Waals surface area contributed by atoms with Gasteiger partial charge in [-0.15, -0.1) is 0 Å². The van der Waals surface area contributed by atoms with E-state index in [1.54, 1.807) is 0 Å². The summed E-state index contributed by atoms with van der Waals surface area (Å²) in [6.07, 6.45) is 0. The second kappa shape index (κ2) is 8.37. The maximum absolute atomic E-state index is 12.5. The number of anilines is 1. The van der Waals surface area contributed by atoms with Gasteiger partial charge in [-0.2, -0.15) is 0 Å². The zero-order chi connectivity index (χ0) is 17.6. The smallest absolute Gasteiger partial charge is 0.236 e. The minimum atomic E-state index is 0.161. The summed E-state index contributed by atoms with van der Waals surface area (Å²) in [7, 11) is 0. The highest BCUT2D eigenvalue weighted by Crippen LogP contribution is 2.20. The highest BCUT2D eigenvalue weighted by atomic mass is 35.5. The Hall–Kier alpha value is -2.04. The van der Waals surface area contributed by atoms with Crippen LogP contribution in [-0.2, 0) is 4.79 Å². The van der Waals surface area contributed by atoms with Crippen molar-refractivity contribution in [3.05, 3.63) is 65.2 Å². The molecule has 0 unspecified atom stereocenters. The molecule has 1 atom stereocenters. The van der Waals surface area contributed by atoms with Crippen LogP contribution in [-0.4, -0.2) is 43.5 Å². The lowest BCUT2D eigenvalue weighted by Gasteiger charge is -2.36. The van der Waals surface area contributed by atoms with Gasteiger partial charge in [0, 0.05) is 42.9 Å². The summed E-state index contributed by atoms with van der Waals surface area (Å²) < 4.78 is 0. The van der Waals surface area contributed by atoms with Crippen LogP contribution >= 0.6 is 11.6 Å². The fraction of sp³-hybridized carbons (Fsp3) is 0.350. The number of amides is 1. The van der Waals surface area contributed by atoms with Crippen LogP contribution in [0, 0.1) is 0 Å². The lowest BCUT2D eigenvalue weighted by Crippen LogP contribution is -2.51. The number of nitrogens with zero attached hydrogens (tertiary/aromatic N) is 2. The molecular formula is C20H24ClN3O. The summed E-state index contributed by atoms with van der Waals surface area (Å²) in [4.78, 5) is 16.7. The molecule has 1 saturated heterocycles. The summed E-state index contributed by atoms with van der Waals surface area (Å²) in [6.45, 7) is 5.60. The minimum absolute atomic E-state index is 0.161. The fourth-order valence-corrected chi connectivity index (χ4v) is 3.28. The van der Waals surface area contributed by atoms with E-state index in [2.05, 4.69) is 35.3 Å².